The van der Waals surface area contributed by atoms with Gasteiger partial charge >= 0.3 is 0 Å². The molecule has 0 amide bonds. The van der Waals surface area contributed by atoms with Crippen LogP contribution in [-0.4, -0.2) is 11.7 Å². The Morgan fingerprint density at radius 3 is 3.00 bits per heavy atom. The maximum Gasteiger partial charge on any atom is 0.118 e. The first-order valence-corrected chi connectivity index (χ1v) is 4.03. The Kier molecular flexibility index (Phi) is 3.17. The quantitative estimate of drug-likeness (QED) is 0.430. The number of hydrogen-bond donors (Lipinski definition) is 1. The van der Waals surface area contributed by atoms with Crippen molar-refractivity contribution in [2.75, 3.05) is 6.54 Å². The number of aryl methyl sites for hydroxylation is 1. The van der Waals surface area contributed by atoms with Crippen LogP contribution in [0.4, 0.5) is 0 Å². The van der Waals surface area contributed by atoms with Crippen LogP contribution >= 0.6 is 0 Å². The van der Waals surface area contributed by atoms with Gasteiger partial charge < -0.3 is 5.11 Å². The minimum absolute atomic E-state index is 0.263. The number of benzene rings is 1. The van der Waals surface area contributed by atoms with E-state index in [0.717, 1.165) is 11.1 Å². The van der Waals surface area contributed by atoms with Crippen LogP contribution in [0, 0.1) is 6.92 Å². The average molecular weight is 177 g/mol. The standard InChI is InChI=1S/C9H11N3O/c1-7-2-3-9(13)8(6-7)4-5-11-12-10/h2-3,6,13H,4-5H2,1H3. The van der Waals surface area contributed by atoms with Gasteiger partial charge in [0.2, 0.25) is 0 Å². The molecule has 1 rings (SSSR count). The zero-order valence-electron chi connectivity index (χ0n) is 7.44. The fraction of sp³-hybridized carbons (Fsp3) is 0.333. The molecule has 68 valence electrons. The molecule has 1 aromatic carbocycles. The van der Waals surface area contributed by atoms with E-state index in [-0.39, 0.29) is 5.75 Å². The number of azide groups is 1. The summed E-state index contributed by atoms with van der Waals surface area (Å²) < 4.78 is 0. The van der Waals surface area contributed by atoms with Gasteiger partial charge in [-0.25, -0.2) is 0 Å². The second-order valence-electron chi connectivity index (χ2n) is 2.84. The van der Waals surface area contributed by atoms with Crippen LogP contribution < -0.4 is 0 Å². The fourth-order valence-electron chi connectivity index (χ4n) is 1.13. The molecule has 1 aromatic rings. The summed E-state index contributed by atoms with van der Waals surface area (Å²) in [7, 11) is 0. The van der Waals surface area contributed by atoms with Gasteiger partial charge in [-0.2, -0.15) is 0 Å². The van der Waals surface area contributed by atoms with Crippen LogP contribution in [0.3, 0.4) is 0 Å². The van der Waals surface area contributed by atoms with Gasteiger partial charge in [-0.15, -0.1) is 0 Å². The Morgan fingerprint density at radius 2 is 2.31 bits per heavy atom. The molecule has 0 fully saturated rings. The Morgan fingerprint density at radius 1 is 1.54 bits per heavy atom. The molecule has 0 aliphatic heterocycles. The molecule has 13 heavy (non-hydrogen) atoms. The maximum absolute atomic E-state index is 9.40. The monoisotopic (exact) mass is 177 g/mol. The lowest BCUT2D eigenvalue weighted by Crippen LogP contribution is -1.89. The predicted molar refractivity (Wildman–Crippen MR) is 50.6 cm³/mol. The largest absolute Gasteiger partial charge is 0.508 e. The minimum atomic E-state index is 0.263. The third kappa shape index (κ3) is 2.69. The first kappa shape index (κ1) is 9.42. The van der Waals surface area contributed by atoms with Gasteiger partial charge in [-0.1, -0.05) is 22.8 Å². The molecule has 0 aliphatic carbocycles. The van der Waals surface area contributed by atoms with Crippen LogP contribution in [0.1, 0.15) is 11.1 Å². The number of rotatable bonds is 3. The van der Waals surface area contributed by atoms with Crippen molar-refractivity contribution in [2.24, 2.45) is 5.11 Å². The third-order valence-corrected chi connectivity index (χ3v) is 1.78. The number of hydrogen-bond acceptors (Lipinski definition) is 2. The summed E-state index contributed by atoms with van der Waals surface area (Å²) >= 11 is 0. The summed E-state index contributed by atoms with van der Waals surface area (Å²) in [5, 5.41) is 12.8. The zero-order chi connectivity index (χ0) is 9.68. The molecule has 0 saturated carbocycles. The lowest BCUT2D eigenvalue weighted by molar-refractivity contribution is 0.468. The zero-order valence-corrected chi connectivity index (χ0v) is 7.44. The van der Waals surface area contributed by atoms with Crippen LogP contribution in [0.5, 0.6) is 5.75 Å². The van der Waals surface area contributed by atoms with Gasteiger partial charge in [-0.3, -0.25) is 0 Å². The molecule has 4 heteroatoms. The highest BCUT2D eigenvalue weighted by molar-refractivity contribution is 5.35. The lowest BCUT2D eigenvalue weighted by atomic mass is 10.1. The van der Waals surface area contributed by atoms with E-state index in [4.69, 9.17) is 5.53 Å². The first-order valence-electron chi connectivity index (χ1n) is 4.03. The van der Waals surface area contributed by atoms with Gasteiger partial charge in [0.15, 0.2) is 0 Å². The number of phenolic OH excluding ortho intramolecular Hbond substituents is 1. The Bertz CT molecular complexity index is 343. The fourth-order valence-corrected chi connectivity index (χ4v) is 1.13. The highest BCUT2D eigenvalue weighted by Gasteiger charge is 1.99. The van der Waals surface area contributed by atoms with Crippen molar-refractivity contribution in [1.82, 2.24) is 0 Å². The van der Waals surface area contributed by atoms with Crippen molar-refractivity contribution in [3.8, 4) is 5.75 Å². The summed E-state index contributed by atoms with van der Waals surface area (Å²) in [4.78, 5) is 2.65. The molecule has 0 atom stereocenters. The Labute approximate surface area is 76.5 Å². The van der Waals surface area contributed by atoms with Crippen molar-refractivity contribution < 1.29 is 5.11 Å². The van der Waals surface area contributed by atoms with Crippen LogP contribution in [0.2, 0.25) is 0 Å². The molecule has 4 nitrogen and oxygen atoms in total. The molecule has 0 bridgehead atoms. The number of nitrogens with zero attached hydrogens (tertiary/aromatic N) is 3. The summed E-state index contributed by atoms with van der Waals surface area (Å²) in [6.07, 6.45) is 0.581. The van der Waals surface area contributed by atoms with Crippen molar-refractivity contribution in [2.45, 2.75) is 13.3 Å². The lowest BCUT2D eigenvalue weighted by Gasteiger charge is -2.02. The molecular weight excluding hydrogens is 166 g/mol. The molecule has 0 aromatic heterocycles. The smallest absolute Gasteiger partial charge is 0.118 e. The van der Waals surface area contributed by atoms with Crippen molar-refractivity contribution >= 4 is 0 Å². The van der Waals surface area contributed by atoms with Gasteiger partial charge in [0.05, 0.1) is 0 Å². The van der Waals surface area contributed by atoms with Crippen molar-refractivity contribution in [3.05, 3.63) is 39.8 Å². The third-order valence-electron chi connectivity index (χ3n) is 1.78. The first-order chi connectivity index (χ1) is 6.24. The van der Waals surface area contributed by atoms with E-state index >= 15 is 0 Å². The van der Waals surface area contributed by atoms with Crippen LogP contribution in [0.25, 0.3) is 10.4 Å². The number of phenols is 1. The van der Waals surface area contributed by atoms with Crippen molar-refractivity contribution in [3.63, 3.8) is 0 Å². The van der Waals surface area contributed by atoms with Crippen LogP contribution in [0.15, 0.2) is 23.3 Å². The topological polar surface area (TPSA) is 69.0 Å². The summed E-state index contributed by atoms with van der Waals surface area (Å²) in [6.45, 7) is 2.34. The summed E-state index contributed by atoms with van der Waals surface area (Å²) in [5.41, 5.74) is 9.98. The van der Waals surface area contributed by atoms with E-state index in [2.05, 4.69) is 10.0 Å². The molecular formula is C9H11N3O. The van der Waals surface area contributed by atoms with Crippen molar-refractivity contribution in [1.29, 1.82) is 0 Å². The van der Waals surface area contributed by atoms with E-state index in [1.807, 2.05) is 19.1 Å². The van der Waals surface area contributed by atoms with Crippen LogP contribution in [-0.2, 0) is 6.42 Å². The molecule has 0 unspecified atom stereocenters. The SMILES string of the molecule is Cc1ccc(O)c(CCN=[N+]=[N-])c1. The predicted octanol–water partition coefficient (Wildman–Crippen LogP) is 2.55. The van der Waals surface area contributed by atoms with E-state index < -0.39 is 0 Å². The highest BCUT2D eigenvalue weighted by Crippen LogP contribution is 2.18. The van der Waals surface area contributed by atoms with Gasteiger partial charge in [0, 0.05) is 11.5 Å². The highest BCUT2D eigenvalue weighted by atomic mass is 16.3. The Balaban J connectivity index is 2.75. The van der Waals surface area contributed by atoms with E-state index in [0.29, 0.717) is 13.0 Å². The van der Waals surface area contributed by atoms with Gasteiger partial charge in [0.25, 0.3) is 0 Å². The Hall–Kier alpha value is -1.67. The normalized spacial score (nSPS) is 9.31. The molecule has 0 radical (unpaired) electrons. The molecule has 0 spiro atoms. The van der Waals surface area contributed by atoms with Gasteiger partial charge in [0.1, 0.15) is 5.75 Å². The second-order valence-corrected chi connectivity index (χ2v) is 2.84. The maximum atomic E-state index is 9.40. The van der Waals surface area contributed by atoms with E-state index in [1.165, 1.54) is 0 Å². The average Bonchev–Trinajstić information content (AvgIpc) is 2.11. The number of aromatic hydroxyl groups is 1. The molecule has 0 saturated heterocycles. The molecule has 0 aliphatic rings. The van der Waals surface area contributed by atoms with E-state index in [9.17, 15) is 5.11 Å². The van der Waals surface area contributed by atoms with Gasteiger partial charge in [-0.05, 0) is 30.5 Å². The minimum Gasteiger partial charge on any atom is -0.508 e. The summed E-state index contributed by atoms with van der Waals surface area (Å²) in [6, 6.07) is 5.38. The molecule has 1 N–H and O–H groups in total. The summed E-state index contributed by atoms with van der Waals surface area (Å²) in [5.74, 6) is 0.263. The second kappa shape index (κ2) is 4.38. The van der Waals surface area contributed by atoms with E-state index in [1.54, 1.807) is 6.07 Å². The molecule has 0 heterocycles.